The van der Waals surface area contributed by atoms with Crippen molar-refractivity contribution in [2.45, 2.75) is 0 Å². The molecular weight excluding hydrogens is 321 g/mol. The Kier molecular flexibility index (Phi) is 5.22. The minimum Gasteiger partial charge on any atom is -0.494 e. The molecule has 24 heavy (non-hydrogen) atoms. The van der Waals surface area contributed by atoms with Crippen molar-refractivity contribution in [2.24, 2.45) is 0 Å². The van der Waals surface area contributed by atoms with E-state index in [-0.39, 0.29) is 22.6 Å². The van der Waals surface area contributed by atoms with Crippen LogP contribution in [-0.4, -0.2) is 13.0 Å². The molecule has 0 fully saturated rings. The number of hydrogen-bond donors (Lipinski definition) is 1. The highest BCUT2D eigenvalue weighted by atomic mass is 19.1. The number of nitrogens with zero attached hydrogens (tertiary/aromatic N) is 1. The molecule has 2 aromatic rings. The van der Waals surface area contributed by atoms with E-state index >= 15 is 0 Å². The average molecular weight is 332 g/mol. The van der Waals surface area contributed by atoms with Crippen molar-refractivity contribution in [3.05, 3.63) is 65.0 Å². The lowest BCUT2D eigenvalue weighted by atomic mass is 10.1. The molecule has 1 N–H and O–H groups in total. The number of anilines is 1. The summed E-state index contributed by atoms with van der Waals surface area (Å²) in [5.41, 5.74) is -0.397. The molecule has 0 aliphatic carbocycles. The van der Waals surface area contributed by atoms with Crippen LogP contribution in [-0.2, 0) is 4.79 Å². The van der Waals surface area contributed by atoms with Gasteiger partial charge in [-0.3, -0.25) is 4.79 Å². The Morgan fingerprint density at radius 1 is 1.17 bits per heavy atom. The van der Waals surface area contributed by atoms with E-state index in [4.69, 9.17) is 10.00 Å². The molecule has 0 aliphatic rings. The van der Waals surface area contributed by atoms with Crippen molar-refractivity contribution in [2.75, 3.05) is 12.4 Å². The number of rotatable bonds is 4. The molecule has 7 heteroatoms. The summed E-state index contributed by atoms with van der Waals surface area (Å²) < 4.78 is 44.7. The molecule has 2 rings (SSSR count). The van der Waals surface area contributed by atoms with Crippen LogP contribution in [0.1, 0.15) is 5.56 Å². The summed E-state index contributed by atoms with van der Waals surface area (Å²) in [5, 5.41) is 11.2. The third kappa shape index (κ3) is 3.93. The highest BCUT2D eigenvalue weighted by Gasteiger charge is 2.13. The van der Waals surface area contributed by atoms with Crippen molar-refractivity contribution in [1.82, 2.24) is 0 Å². The lowest BCUT2D eigenvalue weighted by molar-refractivity contribution is -0.112. The summed E-state index contributed by atoms with van der Waals surface area (Å²) in [6.45, 7) is 0. The van der Waals surface area contributed by atoms with Crippen LogP contribution in [0.3, 0.4) is 0 Å². The number of halogens is 3. The summed E-state index contributed by atoms with van der Waals surface area (Å²) in [6, 6.07) is 8.12. The zero-order valence-corrected chi connectivity index (χ0v) is 12.4. The van der Waals surface area contributed by atoms with Crippen LogP contribution in [0.15, 0.2) is 42.0 Å². The second kappa shape index (κ2) is 7.33. The number of carbonyl (C=O) groups excluding carboxylic acids is 1. The Morgan fingerprint density at radius 2 is 1.92 bits per heavy atom. The first-order chi connectivity index (χ1) is 11.4. The number of hydrogen-bond acceptors (Lipinski definition) is 3. The molecule has 2 aromatic carbocycles. The first-order valence-corrected chi connectivity index (χ1v) is 6.66. The fraction of sp³-hybridized carbons (Fsp3) is 0.0588. The van der Waals surface area contributed by atoms with E-state index < -0.39 is 23.4 Å². The lowest BCUT2D eigenvalue weighted by Gasteiger charge is -2.06. The van der Waals surface area contributed by atoms with Gasteiger partial charge in [0.1, 0.15) is 23.3 Å². The fourth-order valence-corrected chi connectivity index (χ4v) is 1.87. The predicted octanol–water partition coefficient (Wildman–Crippen LogP) is 3.66. The number of carbonyl (C=O) groups is 1. The Morgan fingerprint density at radius 3 is 2.50 bits per heavy atom. The topological polar surface area (TPSA) is 62.1 Å². The van der Waals surface area contributed by atoms with Gasteiger partial charge in [0.25, 0.3) is 5.91 Å². The monoisotopic (exact) mass is 332 g/mol. The quantitative estimate of drug-likeness (QED) is 0.686. The fourth-order valence-electron chi connectivity index (χ4n) is 1.87. The minimum absolute atomic E-state index is 0.0171. The van der Waals surface area contributed by atoms with E-state index in [0.29, 0.717) is 6.07 Å². The smallest absolute Gasteiger partial charge is 0.266 e. The van der Waals surface area contributed by atoms with E-state index in [9.17, 15) is 18.0 Å². The molecule has 0 spiro atoms. The van der Waals surface area contributed by atoms with E-state index in [0.717, 1.165) is 24.3 Å². The zero-order valence-electron chi connectivity index (χ0n) is 12.4. The molecule has 122 valence electrons. The van der Waals surface area contributed by atoms with Crippen LogP contribution in [0.5, 0.6) is 5.75 Å². The van der Waals surface area contributed by atoms with E-state index in [1.165, 1.54) is 19.2 Å². The van der Waals surface area contributed by atoms with Gasteiger partial charge in [-0.1, -0.05) is 6.07 Å². The third-order valence-corrected chi connectivity index (χ3v) is 3.03. The standard InChI is InChI=1S/C17H11F3N2O2/c1-24-16-5-2-10(7-14(16)20)6-11(9-21)17(23)22-15-4-3-12(18)8-13(15)19/h2-8H,1H3,(H,22,23)/b11-6+. The van der Waals surface area contributed by atoms with E-state index in [1.807, 2.05) is 0 Å². The third-order valence-electron chi connectivity index (χ3n) is 3.03. The van der Waals surface area contributed by atoms with Gasteiger partial charge in [-0.15, -0.1) is 0 Å². The number of benzene rings is 2. The van der Waals surface area contributed by atoms with Crippen molar-refractivity contribution >= 4 is 17.7 Å². The maximum Gasteiger partial charge on any atom is 0.266 e. The largest absolute Gasteiger partial charge is 0.494 e. The van der Waals surface area contributed by atoms with Gasteiger partial charge in [-0.05, 0) is 35.9 Å². The summed E-state index contributed by atoms with van der Waals surface area (Å²) in [7, 11) is 1.30. The van der Waals surface area contributed by atoms with Gasteiger partial charge in [0.2, 0.25) is 0 Å². The van der Waals surface area contributed by atoms with Crippen molar-refractivity contribution in [3.63, 3.8) is 0 Å². The van der Waals surface area contributed by atoms with Crippen LogP contribution in [0.25, 0.3) is 6.08 Å². The van der Waals surface area contributed by atoms with Gasteiger partial charge in [-0.2, -0.15) is 5.26 Å². The summed E-state index contributed by atoms with van der Waals surface area (Å²) >= 11 is 0. The average Bonchev–Trinajstić information content (AvgIpc) is 2.55. The van der Waals surface area contributed by atoms with Gasteiger partial charge in [0, 0.05) is 6.07 Å². The van der Waals surface area contributed by atoms with Crippen molar-refractivity contribution in [1.29, 1.82) is 5.26 Å². The number of amides is 1. The number of nitrogens with one attached hydrogen (secondary N) is 1. The maximum atomic E-state index is 13.6. The van der Waals surface area contributed by atoms with Crippen LogP contribution < -0.4 is 10.1 Å². The van der Waals surface area contributed by atoms with E-state index in [1.54, 1.807) is 6.07 Å². The van der Waals surface area contributed by atoms with Gasteiger partial charge in [0.15, 0.2) is 11.6 Å². The van der Waals surface area contributed by atoms with Gasteiger partial charge < -0.3 is 10.1 Å². The molecule has 0 saturated carbocycles. The summed E-state index contributed by atoms with van der Waals surface area (Å²) in [6.07, 6.45) is 1.14. The molecular formula is C17H11F3N2O2. The van der Waals surface area contributed by atoms with Crippen LogP contribution >= 0.6 is 0 Å². The maximum absolute atomic E-state index is 13.6. The first-order valence-electron chi connectivity index (χ1n) is 6.66. The highest BCUT2D eigenvalue weighted by Crippen LogP contribution is 2.20. The zero-order chi connectivity index (χ0) is 17.7. The second-order valence-electron chi connectivity index (χ2n) is 4.64. The molecule has 0 atom stereocenters. The minimum atomic E-state index is -0.976. The summed E-state index contributed by atoms with van der Waals surface area (Å²) in [5.74, 6) is -3.32. The molecule has 0 heterocycles. The Bertz CT molecular complexity index is 857. The summed E-state index contributed by atoms with van der Waals surface area (Å²) in [4.78, 5) is 12.0. The normalized spacial score (nSPS) is 10.9. The first kappa shape index (κ1) is 17.1. The molecule has 0 saturated heterocycles. The second-order valence-corrected chi connectivity index (χ2v) is 4.64. The van der Waals surface area contributed by atoms with Crippen LogP contribution in [0, 0.1) is 28.8 Å². The lowest BCUT2D eigenvalue weighted by Crippen LogP contribution is -2.14. The molecule has 0 aromatic heterocycles. The Labute approximate surface area is 135 Å². The number of ether oxygens (including phenoxy) is 1. The Hall–Kier alpha value is -3.27. The van der Waals surface area contributed by atoms with E-state index in [2.05, 4.69) is 5.32 Å². The molecule has 0 bridgehead atoms. The highest BCUT2D eigenvalue weighted by molar-refractivity contribution is 6.09. The molecule has 0 unspecified atom stereocenters. The SMILES string of the molecule is COc1ccc(/C=C(\C#N)C(=O)Nc2ccc(F)cc2F)cc1F. The predicted molar refractivity (Wildman–Crippen MR) is 81.5 cm³/mol. The molecule has 1 amide bonds. The molecule has 0 radical (unpaired) electrons. The van der Waals surface area contributed by atoms with Crippen LogP contribution in [0.2, 0.25) is 0 Å². The van der Waals surface area contributed by atoms with Crippen molar-refractivity contribution in [3.8, 4) is 11.8 Å². The van der Waals surface area contributed by atoms with Gasteiger partial charge in [-0.25, -0.2) is 13.2 Å². The van der Waals surface area contributed by atoms with Crippen molar-refractivity contribution < 1.29 is 22.7 Å². The number of nitriles is 1. The van der Waals surface area contributed by atoms with Gasteiger partial charge >= 0.3 is 0 Å². The number of methoxy groups -OCH3 is 1. The Balaban J connectivity index is 2.25. The van der Waals surface area contributed by atoms with Crippen LogP contribution in [0.4, 0.5) is 18.9 Å². The molecule has 4 nitrogen and oxygen atoms in total. The van der Waals surface area contributed by atoms with Gasteiger partial charge in [0.05, 0.1) is 12.8 Å². The molecule has 0 aliphatic heterocycles.